The number of sulfone groups is 1. The lowest BCUT2D eigenvalue weighted by atomic mass is 10.2. The summed E-state index contributed by atoms with van der Waals surface area (Å²) in [6.07, 6.45) is 1.45. The Labute approximate surface area is 195 Å². The van der Waals surface area contributed by atoms with Crippen molar-refractivity contribution in [2.24, 2.45) is 0 Å². The van der Waals surface area contributed by atoms with Gasteiger partial charge in [-0.1, -0.05) is 30.3 Å². The van der Waals surface area contributed by atoms with Gasteiger partial charge in [0, 0.05) is 22.8 Å². The Balaban J connectivity index is 1.57. The Hall–Kier alpha value is -3.98. The Bertz CT molecular complexity index is 1460. The number of fused-ring (bicyclic) bond motifs is 1. The van der Waals surface area contributed by atoms with Crippen LogP contribution >= 0.6 is 0 Å². The van der Waals surface area contributed by atoms with Crippen LogP contribution in [-0.4, -0.2) is 32.0 Å². The molecule has 4 rings (SSSR count). The van der Waals surface area contributed by atoms with Crippen molar-refractivity contribution in [1.82, 2.24) is 4.57 Å². The fourth-order valence-electron chi connectivity index (χ4n) is 3.63. The highest BCUT2D eigenvalue weighted by Crippen LogP contribution is 2.28. The summed E-state index contributed by atoms with van der Waals surface area (Å²) in [5.74, 6) is -1.58. The van der Waals surface area contributed by atoms with Crippen LogP contribution in [0, 0.1) is 5.82 Å². The number of aromatic nitrogens is 1. The Morgan fingerprint density at radius 3 is 2.32 bits per heavy atom. The highest BCUT2D eigenvalue weighted by molar-refractivity contribution is 7.90. The van der Waals surface area contributed by atoms with Gasteiger partial charge in [0.25, 0.3) is 0 Å². The highest BCUT2D eigenvalue weighted by atomic mass is 32.2. The molecule has 1 heterocycles. The standard InChI is InChI=1S/C25H21FN2O5S/c1-33-25(30)18-8-12-20(13-9-18)27-24(29)15-28-14-23(21-4-2-3-5-22(21)28)34(31,32)16-17-6-10-19(26)11-7-17/h2-14H,15-16H2,1H3,(H,27,29). The number of para-hydroxylation sites is 1. The first-order chi connectivity index (χ1) is 16.3. The number of ether oxygens (including phenoxy) is 1. The van der Waals surface area contributed by atoms with E-state index in [1.165, 1.54) is 49.7 Å². The summed E-state index contributed by atoms with van der Waals surface area (Å²) in [7, 11) is -2.48. The zero-order valence-electron chi connectivity index (χ0n) is 18.2. The van der Waals surface area contributed by atoms with Gasteiger partial charge in [0.15, 0.2) is 9.84 Å². The van der Waals surface area contributed by atoms with Crippen molar-refractivity contribution in [2.75, 3.05) is 12.4 Å². The zero-order valence-corrected chi connectivity index (χ0v) is 19.0. The number of amides is 1. The van der Waals surface area contributed by atoms with Crippen molar-refractivity contribution in [3.63, 3.8) is 0 Å². The SMILES string of the molecule is COC(=O)c1ccc(NC(=O)Cn2cc(S(=O)(=O)Cc3ccc(F)cc3)c3ccccc32)cc1. The molecule has 34 heavy (non-hydrogen) atoms. The Morgan fingerprint density at radius 2 is 1.65 bits per heavy atom. The van der Waals surface area contributed by atoms with Crippen LogP contribution in [0.1, 0.15) is 15.9 Å². The smallest absolute Gasteiger partial charge is 0.337 e. The van der Waals surface area contributed by atoms with Gasteiger partial charge in [-0.05, 0) is 48.0 Å². The molecule has 0 saturated carbocycles. The molecule has 0 spiro atoms. The molecule has 0 radical (unpaired) electrons. The minimum atomic E-state index is -3.76. The molecule has 1 aromatic heterocycles. The first-order valence-corrected chi connectivity index (χ1v) is 12.0. The number of nitrogens with one attached hydrogen (secondary N) is 1. The number of rotatable bonds is 7. The number of hydrogen-bond donors (Lipinski definition) is 1. The minimum Gasteiger partial charge on any atom is -0.465 e. The van der Waals surface area contributed by atoms with Gasteiger partial charge in [0.05, 0.1) is 23.3 Å². The molecule has 7 nitrogen and oxygen atoms in total. The maximum atomic E-state index is 13.2. The summed E-state index contributed by atoms with van der Waals surface area (Å²) in [6, 6.07) is 18.5. The van der Waals surface area contributed by atoms with Crippen molar-refractivity contribution >= 4 is 38.3 Å². The lowest BCUT2D eigenvalue weighted by molar-refractivity contribution is -0.116. The maximum absolute atomic E-state index is 13.2. The monoisotopic (exact) mass is 480 g/mol. The molecule has 0 saturated heterocycles. The molecule has 174 valence electrons. The minimum absolute atomic E-state index is 0.0997. The molecule has 3 aromatic carbocycles. The number of anilines is 1. The van der Waals surface area contributed by atoms with Gasteiger partial charge >= 0.3 is 5.97 Å². The van der Waals surface area contributed by atoms with Gasteiger partial charge in [-0.25, -0.2) is 17.6 Å². The Morgan fingerprint density at radius 1 is 0.971 bits per heavy atom. The van der Waals surface area contributed by atoms with E-state index in [1.54, 1.807) is 41.0 Å². The van der Waals surface area contributed by atoms with Crippen LogP contribution in [0.5, 0.6) is 0 Å². The van der Waals surface area contributed by atoms with Gasteiger partial charge in [0.1, 0.15) is 12.4 Å². The van der Waals surface area contributed by atoms with E-state index in [-0.39, 0.29) is 23.1 Å². The van der Waals surface area contributed by atoms with E-state index in [9.17, 15) is 22.4 Å². The van der Waals surface area contributed by atoms with E-state index in [0.29, 0.717) is 27.7 Å². The van der Waals surface area contributed by atoms with Crippen LogP contribution in [0.2, 0.25) is 0 Å². The quantitative estimate of drug-likeness (QED) is 0.401. The summed E-state index contributed by atoms with van der Waals surface area (Å²) in [4.78, 5) is 24.3. The maximum Gasteiger partial charge on any atom is 0.337 e. The molecule has 1 N–H and O–H groups in total. The van der Waals surface area contributed by atoms with Crippen molar-refractivity contribution < 1.29 is 27.1 Å². The molecule has 9 heteroatoms. The van der Waals surface area contributed by atoms with Crippen molar-refractivity contribution in [3.8, 4) is 0 Å². The summed E-state index contributed by atoms with van der Waals surface area (Å²) in [5, 5.41) is 3.24. The molecule has 0 fully saturated rings. The molecule has 0 atom stereocenters. The van der Waals surface area contributed by atoms with Crippen LogP contribution in [0.4, 0.5) is 10.1 Å². The number of methoxy groups -OCH3 is 1. The normalized spacial score (nSPS) is 11.4. The van der Waals surface area contributed by atoms with Gasteiger partial charge in [-0.15, -0.1) is 0 Å². The second-order valence-corrected chi connectivity index (χ2v) is 9.60. The molecule has 0 aliphatic heterocycles. The number of hydrogen-bond acceptors (Lipinski definition) is 5. The molecule has 0 unspecified atom stereocenters. The van der Waals surface area contributed by atoms with Gasteiger partial charge in [-0.2, -0.15) is 0 Å². The number of halogens is 1. The van der Waals surface area contributed by atoms with Gasteiger partial charge < -0.3 is 14.6 Å². The molecule has 0 aliphatic carbocycles. The van der Waals surface area contributed by atoms with Gasteiger partial charge in [0.2, 0.25) is 5.91 Å². The van der Waals surface area contributed by atoms with E-state index in [0.717, 1.165) is 0 Å². The van der Waals surface area contributed by atoms with Crippen LogP contribution in [-0.2, 0) is 31.7 Å². The summed E-state index contributed by atoms with van der Waals surface area (Å²) >= 11 is 0. The highest BCUT2D eigenvalue weighted by Gasteiger charge is 2.22. The molecule has 0 aliphatic rings. The number of esters is 1. The van der Waals surface area contributed by atoms with Crippen molar-refractivity contribution in [2.45, 2.75) is 17.2 Å². The van der Waals surface area contributed by atoms with E-state index in [1.807, 2.05) is 0 Å². The van der Waals surface area contributed by atoms with Crippen molar-refractivity contribution in [3.05, 3.63) is 95.9 Å². The first-order valence-electron chi connectivity index (χ1n) is 10.3. The number of carbonyl (C=O) groups is 2. The average molecular weight is 481 g/mol. The third kappa shape index (κ3) is 4.99. The predicted molar refractivity (Wildman–Crippen MR) is 126 cm³/mol. The third-order valence-corrected chi connectivity index (χ3v) is 6.97. The molecular formula is C25H21FN2O5S. The Kier molecular flexibility index (Phi) is 6.47. The second-order valence-electron chi connectivity index (χ2n) is 7.64. The average Bonchev–Trinajstić information content (AvgIpc) is 3.20. The summed E-state index contributed by atoms with van der Waals surface area (Å²) in [6.45, 7) is -0.120. The van der Waals surface area contributed by atoms with E-state index >= 15 is 0 Å². The fourth-order valence-corrected chi connectivity index (χ4v) is 5.21. The topological polar surface area (TPSA) is 94.5 Å². The molecular weight excluding hydrogens is 459 g/mol. The number of nitrogens with zero attached hydrogens (tertiary/aromatic N) is 1. The van der Waals surface area contributed by atoms with Crippen LogP contribution < -0.4 is 5.32 Å². The first kappa shape index (κ1) is 23.2. The van der Waals surface area contributed by atoms with Crippen LogP contribution in [0.25, 0.3) is 10.9 Å². The molecule has 0 bridgehead atoms. The molecule has 4 aromatic rings. The van der Waals surface area contributed by atoms with E-state index in [2.05, 4.69) is 10.1 Å². The van der Waals surface area contributed by atoms with E-state index in [4.69, 9.17) is 0 Å². The largest absolute Gasteiger partial charge is 0.465 e. The lowest BCUT2D eigenvalue weighted by Crippen LogP contribution is -2.18. The van der Waals surface area contributed by atoms with Crippen LogP contribution in [0.15, 0.2) is 83.9 Å². The second kappa shape index (κ2) is 9.48. The zero-order chi connectivity index (χ0) is 24.3. The van der Waals surface area contributed by atoms with Gasteiger partial charge in [-0.3, -0.25) is 4.79 Å². The number of benzene rings is 3. The third-order valence-electron chi connectivity index (χ3n) is 5.26. The predicted octanol–water partition coefficient (Wildman–Crippen LogP) is 4.18. The fraction of sp³-hybridized carbons (Fsp3) is 0.120. The van der Waals surface area contributed by atoms with Crippen molar-refractivity contribution in [1.29, 1.82) is 0 Å². The summed E-state index contributed by atoms with van der Waals surface area (Å²) < 4.78 is 45.7. The summed E-state index contributed by atoms with van der Waals surface area (Å²) in [5.41, 5.74) is 1.90. The van der Waals surface area contributed by atoms with Crippen LogP contribution in [0.3, 0.4) is 0 Å². The number of carbonyl (C=O) groups excluding carboxylic acids is 2. The molecule has 1 amide bonds. The van der Waals surface area contributed by atoms with E-state index < -0.39 is 21.6 Å². The lowest BCUT2D eigenvalue weighted by Gasteiger charge is -2.08.